The van der Waals surface area contributed by atoms with E-state index >= 15 is 0 Å². The Morgan fingerprint density at radius 3 is 2.84 bits per heavy atom. The number of para-hydroxylation sites is 1. The van der Waals surface area contributed by atoms with Gasteiger partial charge in [-0.15, -0.1) is 0 Å². The van der Waals surface area contributed by atoms with Gasteiger partial charge in [0, 0.05) is 30.3 Å². The number of carbonyl (C=O) groups excluding carboxylic acids is 2. The molecule has 13 heteroatoms. The minimum atomic E-state index is -1.94. The number of aliphatic hydroxyl groups is 1. The first-order chi connectivity index (χ1) is 21.3. The fraction of sp³-hybridized carbons (Fsp3) is 0.226. The van der Waals surface area contributed by atoms with Crippen LogP contribution in [0.1, 0.15) is 15.9 Å². The predicted octanol–water partition coefficient (Wildman–Crippen LogP) is 2.91. The van der Waals surface area contributed by atoms with Crippen molar-refractivity contribution >= 4 is 34.5 Å². The molecule has 5 aromatic rings. The number of benzene rings is 2. The normalized spacial score (nSPS) is 16.5. The molecule has 4 heterocycles. The van der Waals surface area contributed by atoms with Crippen molar-refractivity contribution in [2.75, 3.05) is 37.4 Å². The van der Waals surface area contributed by atoms with Crippen LogP contribution < -0.4 is 20.7 Å². The summed E-state index contributed by atoms with van der Waals surface area (Å²) in [5, 5.41) is 29.3. The van der Waals surface area contributed by atoms with E-state index in [0.29, 0.717) is 33.7 Å². The van der Waals surface area contributed by atoms with Crippen LogP contribution in [-0.4, -0.2) is 70.7 Å². The summed E-state index contributed by atoms with van der Waals surface area (Å²) in [7, 11) is 1.51. The van der Waals surface area contributed by atoms with Gasteiger partial charge < -0.3 is 39.7 Å². The van der Waals surface area contributed by atoms with E-state index in [4.69, 9.17) is 24.1 Å². The Hall–Kier alpha value is -5.40. The summed E-state index contributed by atoms with van der Waals surface area (Å²) < 4.78 is 22.4. The van der Waals surface area contributed by atoms with Crippen molar-refractivity contribution in [2.45, 2.75) is 18.1 Å². The Balaban J connectivity index is 1.29. The van der Waals surface area contributed by atoms with Crippen LogP contribution in [0.5, 0.6) is 11.6 Å². The largest absolute Gasteiger partial charge is 0.507 e. The Labute approximate surface area is 250 Å². The highest BCUT2D eigenvalue weighted by Gasteiger charge is 2.47. The summed E-state index contributed by atoms with van der Waals surface area (Å²) in [4.78, 5) is 32.4. The summed E-state index contributed by atoms with van der Waals surface area (Å²) in [5.41, 5.74) is 5.60. The van der Waals surface area contributed by atoms with Crippen LogP contribution in [0.3, 0.4) is 0 Å². The van der Waals surface area contributed by atoms with Crippen molar-refractivity contribution in [1.29, 1.82) is 0 Å². The first-order valence-corrected chi connectivity index (χ1v) is 13.7. The predicted molar refractivity (Wildman–Crippen MR) is 158 cm³/mol. The molecule has 0 spiro atoms. The molecule has 13 nitrogen and oxygen atoms in total. The number of aromatic hydroxyl groups is 1. The number of phenolic OH excluding ortho intramolecular Hbond substituents is 1. The maximum Gasteiger partial charge on any atom is 0.261 e. The lowest BCUT2D eigenvalue weighted by molar-refractivity contribution is -0.157. The second-order valence-electron chi connectivity index (χ2n) is 10.3. The van der Waals surface area contributed by atoms with E-state index in [2.05, 4.69) is 15.5 Å². The first kappa shape index (κ1) is 28.7. The SMILES string of the molecule is COc1cc(-c2ccc(N3CCO[C@H](C(O)(CNC(=O)c4ccccc4O)Cc4ccc5c(N)noc5c4)C3=O)o2)ccn1. The Morgan fingerprint density at radius 2 is 2.02 bits per heavy atom. The van der Waals surface area contributed by atoms with Crippen LogP contribution in [0.2, 0.25) is 0 Å². The van der Waals surface area contributed by atoms with Gasteiger partial charge in [0.05, 0.1) is 37.8 Å². The Morgan fingerprint density at radius 1 is 1.18 bits per heavy atom. The van der Waals surface area contributed by atoms with Gasteiger partial charge in [-0.05, 0) is 42.0 Å². The summed E-state index contributed by atoms with van der Waals surface area (Å²) in [5.74, 6) is -0.0447. The Kier molecular flexibility index (Phi) is 7.64. The molecule has 0 bridgehead atoms. The van der Waals surface area contributed by atoms with E-state index in [1.54, 1.807) is 60.8 Å². The summed E-state index contributed by atoms with van der Waals surface area (Å²) in [6, 6.07) is 17.9. The van der Waals surface area contributed by atoms with Gasteiger partial charge in [0.2, 0.25) is 11.8 Å². The van der Waals surface area contributed by atoms with E-state index in [0.717, 1.165) is 0 Å². The molecule has 1 fully saturated rings. The molecule has 3 aromatic heterocycles. The molecular formula is C31H29N5O8. The number of nitrogens with zero attached hydrogens (tertiary/aromatic N) is 3. The molecule has 0 saturated carbocycles. The topological polar surface area (TPSA) is 186 Å². The van der Waals surface area contributed by atoms with Gasteiger partial charge in [-0.2, -0.15) is 0 Å². The number of ether oxygens (including phenoxy) is 2. The van der Waals surface area contributed by atoms with Gasteiger partial charge in [-0.3, -0.25) is 14.5 Å². The number of nitrogen functional groups attached to an aromatic ring is 1. The van der Waals surface area contributed by atoms with Gasteiger partial charge in [0.1, 0.15) is 17.1 Å². The van der Waals surface area contributed by atoms with E-state index in [1.165, 1.54) is 24.1 Å². The van der Waals surface area contributed by atoms with Crippen LogP contribution in [0.15, 0.2) is 81.9 Å². The number of hydrogen-bond acceptors (Lipinski definition) is 11. The number of rotatable bonds is 9. The number of fused-ring (bicyclic) bond motifs is 1. The first-order valence-electron chi connectivity index (χ1n) is 13.7. The fourth-order valence-electron chi connectivity index (χ4n) is 5.20. The minimum absolute atomic E-state index is 0.0155. The zero-order valence-corrected chi connectivity index (χ0v) is 23.6. The highest BCUT2D eigenvalue weighted by Crippen LogP contribution is 2.33. The van der Waals surface area contributed by atoms with Crippen LogP contribution in [-0.2, 0) is 16.0 Å². The van der Waals surface area contributed by atoms with Gasteiger partial charge in [-0.1, -0.05) is 23.4 Å². The van der Waals surface area contributed by atoms with Gasteiger partial charge in [-0.25, -0.2) is 4.98 Å². The van der Waals surface area contributed by atoms with Crippen LogP contribution in [0.25, 0.3) is 22.3 Å². The molecule has 5 N–H and O–H groups in total. The van der Waals surface area contributed by atoms with E-state index in [1.807, 2.05) is 0 Å². The molecule has 2 amide bonds. The molecule has 1 saturated heterocycles. The highest BCUT2D eigenvalue weighted by molar-refractivity contribution is 5.98. The number of anilines is 2. The fourth-order valence-corrected chi connectivity index (χ4v) is 5.20. The molecule has 2 atom stereocenters. The lowest BCUT2D eigenvalue weighted by Crippen LogP contribution is -2.63. The number of pyridine rings is 1. The number of hydrogen-bond donors (Lipinski definition) is 4. The Bertz CT molecular complexity index is 1830. The number of aromatic nitrogens is 2. The second-order valence-corrected chi connectivity index (χ2v) is 10.3. The van der Waals surface area contributed by atoms with Crippen molar-refractivity contribution in [1.82, 2.24) is 15.5 Å². The van der Waals surface area contributed by atoms with Crippen molar-refractivity contribution in [3.05, 3.63) is 84.1 Å². The van der Waals surface area contributed by atoms with Crippen LogP contribution in [0, 0.1) is 0 Å². The molecule has 0 radical (unpaired) electrons. The molecule has 2 aromatic carbocycles. The molecule has 1 unspecified atom stereocenters. The smallest absolute Gasteiger partial charge is 0.261 e. The number of nitrogens with two attached hydrogens (primary N) is 1. The zero-order valence-electron chi connectivity index (χ0n) is 23.6. The standard InChI is InChI=1S/C31H29N5O8/c1-41-25-15-19(10-11-33-25)23-8-9-26(43-23)36-12-13-42-27(30(36)39)31(40,17-34-29(38)20-4-2-3-5-22(20)37)16-18-6-7-21-24(14-18)44-35-28(21)32/h2-11,14-15,27,37,40H,12-13,16-17H2,1H3,(H2,32,35)(H,34,38)/t27-,31?/m0/s1. The monoisotopic (exact) mass is 599 g/mol. The van der Waals surface area contributed by atoms with E-state index in [-0.39, 0.29) is 49.1 Å². The molecule has 6 rings (SSSR count). The lowest BCUT2D eigenvalue weighted by atomic mass is 9.86. The third-order valence-corrected chi connectivity index (χ3v) is 7.44. The van der Waals surface area contributed by atoms with Gasteiger partial charge >= 0.3 is 0 Å². The van der Waals surface area contributed by atoms with E-state index in [9.17, 15) is 19.8 Å². The quantitative estimate of drug-likeness (QED) is 0.195. The molecule has 1 aliphatic heterocycles. The average Bonchev–Trinajstić information content (AvgIpc) is 3.67. The number of nitrogens with one attached hydrogen (secondary N) is 1. The number of morpholine rings is 1. The number of furan rings is 1. The summed E-state index contributed by atoms with van der Waals surface area (Å²) >= 11 is 0. The number of methoxy groups -OCH3 is 1. The summed E-state index contributed by atoms with van der Waals surface area (Å²) in [6.07, 6.45) is 0.0704. The average molecular weight is 600 g/mol. The highest BCUT2D eigenvalue weighted by atomic mass is 16.5. The molecule has 226 valence electrons. The van der Waals surface area contributed by atoms with Crippen LogP contribution >= 0.6 is 0 Å². The van der Waals surface area contributed by atoms with Crippen molar-refractivity contribution in [3.8, 4) is 23.0 Å². The van der Waals surface area contributed by atoms with Crippen molar-refractivity contribution in [3.63, 3.8) is 0 Å². The molecule has 44 heavy (non-hydrogen) atoms. The van der Waals surface area contributed by atoms with Gasteiger partial charge in [0.15, 0.2) is 17.5 Å². The maximum absolute atomic E-state index is 13.9. The number of carbonyl (C=O) groups is 2. The molecule has 1 aliphatic rings. The lowest BCUT2D eigenvalue weighted by Gasteiger charge is -2.40. The van der Waals surface area contributed by atoms with Crippen molar-refractivity contribution < 1.29 is 38.2 Å². The maximum atomic E-state index is 13.9. The van der Waals surface area contributed by atoms with Gasteiger partial charge in [0.25, 0.3) is 11.8 Å². The number of phenols is 1. The summed E-state index contributed by atoms with van der Waals surface area (Å²) in [6.45, 7) is -0.129. The molecule has 0 aliphatic carbocycles. The third-order valence-electron chi connectivity index (χ3n) is 7.44. The minimum Gasteiger partial charge on any atom is -0.507 e. The van der Waals surface area contributed by atoms with E-state index < -0.39 is 23.5 Å². The zero-order chi connectivity index (χ0) is 30.8. The van der Waals surface area contributed by atoms with Crippen LogP contribution in [0.4, 0.5) is 11.7 Å². The second kappa shape index (κ2) is 11.7. The third kappa shape index (κ3) is 5.53. The van der Waals surface area contributed by atoms with Crippen molar-refractivity contribution in [2.24, 2.45) is 0 Å². The number of amides is 2. The molecular weight excluding hydrogens is 570 g/mol.